The van der Waals surface area contributed by atoms with Crippen LogP contribution in [0.15, 0.2) is 29.2 Å². The van der Waals surface area contributed by atoms with Crippen LogP contribution in [0.2, 0.25) is 5.15 Å². The Balaban J connectivity index is 2.09. The molecular weight excluding hydrogens is 346 g/mol. The maximum atomic E-state index is 11.8. The van der Waals surface area contributed by atoms with Gasteiger partial charge in [0.15, 0.2) is 0 Å². The van der Waals surface area contributed by atoms with Gasteiger partial charge in [0.1, 0.15) is 5.15 Å². The highest BCUT2D eigenvalue weighted by atomic mass is 35.5. The summed E-state index contributed by atoms with van der Waals surface area (Å²) in [6.45, 7) is 3.95. The van der Waals surface area contributed by atoms with Gasteiger partial charge in [0.05, 0.1) is 4.90 Å². The standard InChI is InChI=1S/C17H24ClN3O2S/c1-2-3-4-5-10-20-11-9-13-12-15-14(17(18)21-13)7-6-8-16(15)24(19,22)23/h6-8,12,20H,2-5,9-11H2,1H3,(H2,19,22,23). The van der Waals surface area contributed by atoms with E-state index in [0.29, 0.717) is 22.3 Å². The minimum atomic E-state index is -3.80. The molecule has 2 rings (SSSR count). The summed E-state index contributed by atoms with van der Waals surface area (Å²) in [4.78, 5) is 4.44. The summed E-state index contributed by atoms with van der Waals surface area (Å²) in [6.07, 6.45) is 5.57. The van der Waals surface area contributed by atoms with Crippen LogP contribution in [0.1, 0.15) is 38.3 Å². The Labute approximate surface area is 148 Å². The summed E-state index contributed by atoms with van der Waals surface area (Å²) in [5, 5.41) is 10.1. The number of primary sulfonamides is 1. The zero-order valence-electron chi connectivity index (χ0n) is 13.9. The van der Waals surface area contributed by atoms with E-state index in [1.54, 1.807) is 18.2 Å². The average Bonchev–Trinajstić information content (AvgIpc) is 2.52. The van der Waals surface area contributed by atoms with Gasteiger partial charge in [-0.2, -0.15) is 0 Å². The van der Waals surface area contributed by atoms with Crippen molar-refractivity contribution in [1.29, 1.82) is 0 Å². The molecule has 0 aliphatic rings. The van der Waals surface area contributed by atoms with Gasteiger partial charge < -0.3 is 5.32 Å². The van der Waals surface area contributed by atoms with Gasteiger partial charge >= 0.3 is 0 Å². The molecule has 0 aliphatic carbocycles. The summed E-state index contributed by atoms with van der Waals surface area (Å²) < 4.78 is 23.5. The molecule has 3 N–H and O–H groups in total. The van der Waals surface area contributed by atoms with Gasteiger partial charge in [-0.15, -0.1) is 0 Å². The Hall–Kier alpha value is -1.21. The van der Waals surface area contributed by atoms with Crippen molar-refractivity contribution in [2.75, 3.05) is 13.1 Å². The molecule has 1 aromatic carbocycles. The predicted molar refractivity (Wildman–Crippen MR) is 98.8 cm³/mol. The number of unbranched alkanes of at least 4 members (excludes halogenated alkanes) is 3. The molecule has 1 aromatic heterocycles. The first-order valence-corrected chi connectivity index (χ1v) is 10.2. The first kappa shape index (κ1) is 19.1. The van der Waals surface area contributed by atoms with Crippen molar-refractivity contribution in [1.82, 2.24) is 10.3 Å². The molecule has 132 valence electrons. The lowest BCUT2D eigenvalue weighted by Gasteiger charge is -2.09. The summed E-state index contributed by atoms with van der Waals surface area (Å²) in [7, 11) is -3.80. The molecule has 0 unspecified atom stereocenters. The molecular formula is C17H24ClN3O2S. The third-order valence-electron chi connectivity index (χ3n) is 3.91. The number of nitrogens with two attached hydrogens (primary N) is 1. The number of benzene rings is 1. The zero-order valence-corrected chi connectivity index (χ0v) is 15.5. The predicted octanol–water partition coefficient (Wildman–Crippen LogP) is 3.25. The highest BCUT2D eigenvalue weighted by molar-refractivity contribution is 7.89. The molecule has 0 spiro atoms. The molecule has 0 saturated carbocycles. The number of aromatic nitrogens is 1. The quantitative estimate of drug-likeness (QED) is 0.524. The maximum absolute atomic E-state index is 11.8. The number of hydrogen-bond acceptors (Lipinski definition) is 4. The minimum Gasteiger partial charge on any atom is -0.316 e. The highest BCUT2D eigenvalue weighted by Crippen LogP contribution is 2.27. The van der Waals surface area contributed by atoms with Crippen LogP contribution in [0, 0.1) is 0 Å². The summed E-state index contributed by atoms with van der Waals surface area (Å²) in [5.41, 5.74) is 0.754. The maximum Gasteiger partial charge on any atom is 0.238 e. The summed E-state index contributed by atoms with van der Waals surface area (Å²) >= 11 is 6.21. The van der Waals surface area contributed by atoms with Crippen LogP contribution >= 0.6 is 11.6 Å². The molecule has 7 heteroatoms. The third kappa shape index (κ3) is 5.14. The Kier molecular flexibility index (Phi) is 6.98. The van der Waals surface area contributed by atoms with E-state index in [1.165, 1.54) is 25.3 Å². The van der Waals surface area contributed by atoms with Crippen LogP contribution < -0.4 is 10.5 Å². The van der Waals surface area contributed by atoms with E-state index in [2.05, 4.69) is 17.2 Å². The van der Waals surface area contributed by atoms with Gasteiger partial charge in [-0.25, -0.2) is 18.5 Å². The fourth-order valence-corrected chi connectivity index (χ4v) is 3.67. The number of sulfonamides is 1. The van der Waals surface area contributed by atoms with E-state index in [0.717, 1.165) is 25.2 Å². The third-order valence-corrected chi connectivity index (χ3v) is 5.17. The molecule has 0 amide bonds. The van der Waals surface area contributed by atoms with Crippen molar-refractivity contribution in [3.8, 4) is 0 Å². The van der Waals surface area contributed by atoms with Gasteiger partial charge in [-0.1, -0.05) is 49.9 Å². The van der Waals surface area contributed by atoms with Crippen molar-refractivity contribution in [3.05, 3.63) is 35.1 Å². The molecule has 24 heavy (non-hydrogen) atoms. The van der Waals surface area contributed by atoms with E-state index in [4.69, 9.17) is 16.7 Å². The van der Waals surface area contributed by atoms with Crippen LogP contribution in [-0.2, 0) is 16.4 Å². The fourth-order valence-electron chi connectivity index (χ4n) is 2.65. The van der Waals surface area contributed by atoms with Gasteiger partial charge in [-0.3, -0.25) is 0 Å². The second-order valence-electron chi connectivity index (χ2n) is 5.86. The Bertz CT molecular complexity index is 794. The van der Waals surface area contributed by atoms with Crippen LogP contribution in [0.4, 0.5) is 0 Å². The largest absolute Gasteiger partial charge is 0.316 e. The number of rotatable bonds is 9. The molecule has 0 saturated heterocycles. The van der Waals surface area contributed by atoms with Crippen LogP contribution in [0.5, 0.6) is 0 Å². The Morgan fingerprint density at radius 2 is 1.96 bits per heavy atom. The number of nitrogens with zero attached hydrogens (tertiary/aromatic N) is 1. The first-order valence-electron chi connectivity index (χ1n) is 8.25. The molecule has 0 aliphatic heterocycles. The van der Waals surface area contributed by atoms with Crippen molar-refractivity contribution in [3.63, 3.8) is 0 Å². The van der Waals surface area contributed by atoms with Crippen molar-refractivity contribution >= 4 is 32.4 Å². The second kappa shape index (κ2) is 8.76. The summed E-state index contributed by atoms with van der Waals surface area (Å²) in [6, 6.07) is 6.62. The van der Waals surface area contributed by atoms with Crippen molar-refractivity contribution in [2.24, 2.45) is 5.14 Å². The molecule has 0 fully saturated rings. The number of halogens is 1. The zero-order chi connectivity index (χ0) is 17.6. The van der Waals surface area contributed by atoms with Crippen LogP contribution in [-0.4, -0.2) is 26.5 Å². The molecule has 0 radical (unpaired) electrons. The summed E-state index contributed by atoms with van der Waals surface area (Å²) in [5.74, 6) is 0. The van der Waals surface area contributed by atoms with E-state index in [9.17, 15) is 8.42 Å². The fraction of sp³-hybridized carbons (Fsp3) is 0.471. The average molecular weight is 370 g/mol. The van der Waals surface area contributed by atoms with E-state index < -0.39 is 10.0 Å². The molecule has 5 nitrogen and oxygen atoms in total. The van der Waals surface area contributed by atoms with Crippen molar-refractivity contribution in [2.45, 2.75) is 43.9 Å². The van der Waals surface area contributed by atoms with E-state index in [1.807, 2.05) is 0 Å². The van der Waals surface area contributed by atoms with Gasteiger partial charge in [0, 0.05) is 29.4 Å². The molecule has 2 aromatic rings. The normalized spacial score (nSPS) is 12.0. The number of fused-ring (bicyclic) bond motifs is 1. The Morgan fingerprint density at radius 3 is 2.67 bits per heavy atom. The lowest BCUT2D eigenvalue weighted by atomic mass is 10.1. The Morgan fingerprint density at radius 1 is 1.17 bits per heavy atom. The highest BCUT2D eigenvalue weighted by Gasteiger charge is 2.15. The van der Waals surface area contributed by atoms with Gasteiger partial charge in [-0.05, 0) is 25.1 Å². The van der Waals surface area contributed by atoms with E-state index >= 15 is 0 Å². The lowest BCUT2D eigenvalue weighted by Crippen LogP contribution is -2.19. The smallest absolute Gasteiger partial charge is 0.238 e. The van der Waals surface area contributed by atoms with Gasteiger partial charge in [0.2, 0.25) is 10.0 Å². The first-order chi connectivity index (χ1) is 11.4. The number of nitrogens with one attached hydrogen (secondary N) is 1. The SMILES string of the molecule is CCCCCCNCCc1cc2c(S(N)(=O)=O)cccc2c(Cl)n1. The number of pyridine rings is 1. The molecule has 0 bridgehead atoms. The topological polar surface area (TPSA) is 85.1 Å². The molecule has 1 heterocycles. The molecule has 0 atom stereocenters. The van der Waals surface area contributed by atoms with Crippen molar-refractivity contribution < 1.29 is 8.42 Å². The van der Waals surface area contributed by atoms with Crippen LogP contribution in [0.25, 0.3) is 10.8 Å². The van der Waals surface area contributed by atoms with Crippen LogP contribution in [0.3, 0.4) is 0 Å². The second-order valence-corrected chi connectivity index (χ2v) is 7.75. The number of hydrogen-bond donors (Lipinski definition) is 2. The minimum absolute atomic E-state index is 0.0816. The van der Waals surface area contributed by atoms with E-state index in [-0.39, 0.29) is 4.90 Å². The monoisotopic (exact) mass is 369 g/mol. The lowest BCUT2D eigenvalue weighted by molar-refractivity contribution is 0.596. The van der Waals surface area contributed by atoms with Gasteiger partial charge in [0.25, 0.3) is 0 Å².